The lowest BCUT2D eigenvalue weighted by atomic mass is 10.2. The van der Waals surface area contributed by atoms with E-state index in [2.05, 4.69) is 15.5 Å². The molecule has 0 bridgehead atoms. The van der Waals surface area contributed by atoms with Crippen molar-refractivity contribution in [3.05, 3.63) is 60.5 Å². The number of rotatable bonds is 7. The summed E-state index contributed by atoms with van der Waals surface area (Å²) in [6.45, 7) is 1.25. The molecule has 1 heterocycles. The quantitative estimate of drug-likeness (QED) is 0.709. The number of nitrogens with zero attached hydrogens (tertiary/aromatic N) is 2. The van der Waals surface area contributed by atoms with Crippen LogP contribution >= 0.6 is 0 Å². The van der Waals surface area contributed by atoms with Gasteiger partial charge in [-0.25, -0.2) is 0 Å². The van der Waals surface area contributed by atoms with Crippen LogP contribution in [0.3, 0.4) is 0 Å². The number of hydrogen-bond acceptors (Lipinski definition) is 5. The van der Waals surface area contributed by atoms with Crippen molar-refractivity contribution in [2.45, 2.75) is 19.4 Å². The zero-order valence-electron chi connectivity index (χ0n) is 13.3. The minimum Gasteiger partial charge on any atom is -0.491 e. The van der Waals surface area contributed by atoms with E-state index in [9.17, 15) is 0 Å². The number of nitrogens with one attached hydrogen (secondary N) is 1. The maximum Gasteiger partial charge on any atom is 0.246 e. The van der Waals surface area contributed by atoms with E-state index in [1.165, 1.54) is 12.8 Å². The minimum atomic E-state index is 0.462. The Hall–Kier alpha value is -2.82. The summed E-state index contributed by atoms with van der Waals surface area (Å²) in [4.78, 5) is 4.43. The van der Waals surface area contributed by atoms with E-state index in [4.69, 9.17) is 9.26 Å². The van der Waals surface area contributed by atoms with Crippen LogP contribution in [0.15, 0.2) is 59.1 Å². The lowest BCUT2D eigenvalue weighted by Crippen LogP contribution is -2.05. The molecule has 1 fully saturated rings. The van der Waals surface area contributed by atoms with Crippen LogP contribution in [0.5, 0.6) is 5.75 Å². The van der Waals surface area contributed by atoms with E-state index in [1.807, 2.05) is 54.6 Å². The van der Waals surface area contributed by atoms with Crippen molar-refractivity contribution in [2.75, 3.05) is 11.9 Å². The molecule has 4 rings (SSSR count). The van der Waals surface area contributed by atoms with Crippen LogP contribution in [-0.2, 0) is 6.54 Å². The van der Waals surface area contributed by atoms with Gasteiger partial charge in [0.2, 0.25) is 11.7 Å². The fraction of sp³-hybridized carbons (Fsp3) is 0.263. The van der Waals surface area contributed by atoms with Gasteiger partial charge in [-0.05, 0) is 30.9 Å². The molecule has 5 nitrogen and oxygen atoms in total. The molecule has 1 aliphatic rings. The van der Waals surface area contributed by atoms with E-state index < -0.39 is 0 Å². The molecule has 122 valence electrons. The van der Waals surface area contributed by atoms with Crippen molar-refractivity contribution < 1.29 is 9.26 Å². The first kappa shape index (κ1) is 14.8. The molecule has 5 heteroatoms. The lowest BCUT2D eigenvalue weighted by Gasteiger charge is -2.11. The zero-order valence-corrected chi connectivity index (χ0v) is 13.3. The number of aromatic nitrogens is 2. The molecule has 1 N–H and O–H groups in total. The van der Waals surface area contributed by atoms with Crippen molar-refractivity contribution in [3.63, 3.8) is 0 Å². The van der Waals surface area contributed by atoms with Crippen LogP contribution in [-0.4, -0.2) is 16.7 Å². The molecule has 2 aromatic carbocycles. The van der Waals surface area contributed by atoms with Crippen LogP contribution in [0.1, 0.15) is 18.7 Å². The predicted molar refractivity (Wildman–Crippen MR) is 91.7 cm³/mol. The molecule has 0 saturated heterocycles. The average molecular weight is 321 g/mol. The van der Waals surface area contributed by atoms with Crippen LogP contribution in [0, 0.1) is 5.92 Å². The molecule has 0 spiro atoms. The summed E-state index contributed by atoms with van der Waals surface area (Å²) in [5.74, 6) is 2.74. The third-order valence-electron chi connectivity index (χ3n) is 3.99. The summed E-state index contributed by atoms with van der Waals surface area (Å²) in [5.41, 5.74) is 1.89. The Morgan fingerprint density at radius 1 is 1.04 bits per heavy atom. The normalized spacial score (nSPS) is 13.7. The van der Waals surface area contributed by atoms with E-state index in [0.717, 1.165) is 29.5 Å². The maximum atomic E-state index is 5.89. The number of benzene rings is 2. The molecule has 0 unspecified atom stereocenters. The van der Waals surface area contributed by atoms with E-state index >= 15 is 0 Å². The van der Waals surface area contributed by atoms with E-state index in [-0.39, 0.29) is 0 Å². The number of ether oxygens (including phenoxy) is 1. The second kappa shape index (κ2) is 6.74. The first-order valence-electron chi connectivity index (χ1n) is 8.22. The third kappa shape index (κ3) is 3.56. The van der Waals surface area contributed by atoms with Gasteiger partial charge >= 0.3 is 0 Å². The van der Waals surface area contributed by atoms with Crippen LogP contribution in [0.25, 0.3) is 11.4 Å². The smallest absolute Gasteiger partial charge is 0.246 e. The monoisotopic (exact) mass is 321 g/mol. The Morgan fingerprint density at radius 3 is 2.67 bits per heavy atom. The Kier molecular flexibility index (Phi) is 4.14. The van der Waals surface area contributed by atoms with Crippen LogP contribution in [0.2, 0.25) is 0 Å². The van der Waals surface area contributed by atoms with Gasteiger partial charge in [0, 0.05) is 5.56 Å². The summed E-state index contributed by atoms with van der Waals surface area (Å²) in [6, 6.07) is 17.7. The molecule has 0 amide bonds. The Labute approximate surface area is 140 Å². The van der Waals surface area contributed by atoms with Crippen LogP contribution < -0.4 is 10.1 Å². The third-order valence-corrected chi connectivity index (χ3v) is 3.99. The fourth-order valence-electron chi connectivity index (χ4n) is 2.43. The predicted octanol–water partition coefficient (Wildman–Crippen LogP) is 4.14. The van der Waals surface area contributed by atoms with Gasteiger partial charge < -0.3 is 14.6 Å². The molecular weight excluding hydrogens is 302 g/mol. The van der Waals surface area contributed by atoms with Gasteiger partial charge in [0.25, 0.3) is 0 Å². The summed E-state index contributed by atoms with van der Waals surface area (Å²) >= 11 is 0. The fourth-order valence-corrected chi connectivity index (χ4v) is 2.43. The SMILES string of the molecule is c1ccc(-c2noc(CNc3ccccc3OCC3CC3)n2)cc1. The van der Waals surface area contributed by atoms with Crippen molar-refractivity contribution >= 4 is 5.69 Å². The summed E-state index contributed by atoms with van der Waals surface area (Å²) in [6.07, 6.45) is 2.56. The Morgan fingerprint density at radius 2 is 1.83 bits per heavy atom. The minimum absolute atomic E-state index is 0.462. The maximum absolute atomic E-state index is 5.89. The molecule has 24 heavy (non-hydrogen) atoms. The lowest BCUT2D eigenvalue weighted by molar-refractivity contribution is 0.301. The highest BCUT2D eigenvalue weighted by Gasteiger charge is 2.22. The van der Waals surface area contributed by atoms with Crippen molar-refractivity contribution in [1.29, 1.82) is 0 Å². The van der Waals surface area contributed by atoms with Crippen molar-refractivity contribution in [2.24, 2.45) is 5.92 Å². The molecule has 1 saturated carbocycles. The Bertz CT molecular complexity index is 797. The van der Waals surface area contributed by atoms with Gasteiger partial charge in [-0.15, -0.1) is 0 Å². The van der Waals surface area contributed by atoms with Crippen molar-refractivity contribution in [3.8, 4) is 17.1 Å². The first-order valence-corrected chi connectivity index (χ1v) is 8.22. The average Bonchev–Trinajstić information content (AvgIpc) is 3.35. The molecule has 1 aliphatic carbocycles. The molecule has 0 atom stereocenters. The van der Waals surface area contributed by atoms with Gasteiger partial charge in [-0.3, -0.25) is 0 Å². The van der Waals surface area contributed by atoms with Crippen LogP contribution in [0.4, 0.5) is 5.69 Å². The van der Waals surface area contributed by atoms with Gasteiger partial charge in [0.15, 0.2) is 0 Å². The molecule has 0 aliphatic heterocycles. The molecule has 1 aromatic heterocycles. The highest BCUT2D eigenvalue weighted by molar-refractivity contribution is 5.56. The highest BCUT2D eigenvalue weighted by atomic mass is 16.5. The first-order chi connectivity index (χ1) is 11.9. The summed E-state index contributed by atoms with van der Waals surface area (Å²) in [5, 5.41) is 7.35. The topological polar surface area (TPSA) is 60.2 Å². The molecule has 0 radical (unpaired) electrons. The van der Waals surface area contributed by atoms with Gasteiger partial charge in [-0.2, -0.15) is 4.98 Å². The number of anilines is 1. The largest absolute Gasteiger partial charge is 0.491 e. The number of hydrogen-bond donors (Lipinski definition) is 1. The number of para-hydroxylation sites is 2. The zero-order chi connectivity index (χ0) is 16.2. The molecule has 3 aromatic rings. The standard InChI is InChI=1S/C19H19N3O2/c1-2-6-15(7-3-1)19-21-18(24-22-19)12-20-16-8-4-5-9-17(16)23-13-14-10-11-14/h1-9,14,20H,10-13H2. The second-order valence-electron chi connectivity index (χ2n) is 5.98. The highest BCUT2D eigenvalue weighted by Crippen LogP contribution is 2.31. The van der Waals surface area contributed by atoms with Gasteiger partial charge in [0.1, 0.15) is 5.75 Å². The van der Waals surface area contributed by atoms with Gasteiger partial charge in [-0.1, -0.05) is 47.6 Å². The van der Waals surface area contributed by atoms with E-state index in [0.29, 0.717) is 18.3 Å². The van der Waals surface area contributed by atoms with Crippen molar-refractivity contribution in [1.82, 2.24) is 10.1 Å². The van der Waals surface area contributed by atoms with E-state index in [1.54, 1.807) is 0 Å². The second-order valence-corrected chi connectivity index (χ2v) is 5.98. The Balaban J connectivity index is 1.41. The molecular formula is C19H19N3O2. The summed E-state index contributed by atoms with van der Waals surface area (Å²) < 4.78 is 11.2. The van der Waals surface area contributed by atoms with Gasteiger partial charge in [0.05, 0.1) is 18.8 Å². The summed E-state index contributed by atoms with van der Waals surface area (Å²) in [7, 11) is 0.